The van der Waals surface area contributed by atoms with Gasteiger partial charge in [-0.2, -0.15) is 0 Å². The molecule has 4 rings (SSSR count). The molecule has 0 amide bonds. The standard InChI is InChI=1S/C22H25N.C4H10O2S/c1-2-6-18(7-3-1)10-11-19-12-14-21(15-13-19)23-17-16-20-8-4-5-9-22(20)23;1-4(2,3)7(5)6/h4-5,8-9,12-18H,1-3,6-7,10-11H2;1-3H3,(H,5,6)/p-1. The van der Waals surface area contributed by atoms with Gasteiger partial charge in [0.2, 0.25) is 0 Å². The summed E-state index contributed by atoms with van der Waals surface area (Å²) in [4.78, 5) is 0. The molecule has 1 saturated carbocycles. The van der Waals surface area contributed by atoms with Crippen LogP contribution in [0.5, 0.6) is 0 Å². The van der Waals surface area contributed by atoms with Gasteiger partial charge in [0, 0.05) is 16.6 Å². The predicted molar refractivity (Wildman–Crippen MR) is 127 cm³/mol. The van der Waals surface area contributed by atoms with Crippen LogP contribution in [0.15, 0.2) is 60.8 Å². The number of aryl methyl sites for hydroxylation is 1. The Kier molecular flexibility index (Phi) is 7.90. The van der Waals surface area contributed by atoms with Crippen LogP contribution in [0.4, 0.5) is 0 Å². The van der Waals surface area contributed by atoms with E-state index in [1.165, 1.54) is 67.1 Å². The highest BCUT2D eigenvalue weighted by atomic mass is 32.2. The highest BCUT2D eigenvalue weighted by Crippen LogP contribution is 2.28. The first-order valence-corrected chi connectivity index (χ1v) is 12.2. The van der Waals surface area contributed by atoms with Crippen LogP contribution in [0, 0.1) is 5.92 Å². The van der Waals surface area contributed by atoms with Gasteiger partial charge < -0.3 is 9.12 Å². The summed E-state index contributed by atoms with van der Waals surface area (Å²) in [6.45, 7) is 4.95. The molecular formula is C26H34NO2S-. The van der Waals surface area contributed by atoms with Crippen molar-refractivity contribution in [2.45, 2.75) is 70.5 Å². The number of aromatic nitrogens is 1. The molecule has 1 fully saturated rings. The van der Waals surface area contributed by atoms with Crippen molar-refractivity contribution in [2.75, 3.05) is 0 Å². The van der Waals surface area contributed by atoms with E-state index in [-0.39, 0.29) is 0 Å². The van der Waals surface area contributed by atoms with Gasteiger partial charge in [-0.1, -0.05) is 62.4 Å². The number of rotatable bonds is 4. The van der Waals surface area contributed by atoms with Gasteiger partial charge in [0.15, 0.2) is 0 Å². The zero-order chi connectivity index (χ0) is 21.6. The third-order valence-electron chi connectivity index (χ3n) is 5.88. The molecular weight excluding hydrogens is 390 g/mol. The van der Waals surface area contributed by atoms with Crippen LogP contribution in [0.25, 0.3) is 16.6 Å². The largest absolute Gasteiger partial charge is 0.772 e. The Bertz CT molecular complexity index is 947. The number of hydrogen-bond acceptors (Lipinski definition) is 2. The van der Waals surface area contributed by atoms with Crippen molar-refractivity contribution in [1.29, 1.82) is 0 Å². The van der Waals surface area contributed by atoms with E-state index in [2.05, 4.69) is 65.4 Å². The van der Waals surface area contributed by atoms with Crippen molar-refractivity contribution in [3.63, 3.8) is 0 Å². The fourth-order valence-electron chi connectivity index (χ4n) is 3.98. The van der Waals surface area contributed by atoms with Gasteiger partial charge in [-0.3, -0.25) is 4.21 Å². The van der Waals surface area contributed by atoms with E-state index >= 15 is 0 Å². The summed E-state index contributed by atoms with van der Waals surface area (Å²) in [5.41, 5.74) is 4.02. The maximum Gasteiger partial charge on any atom is 0.0528 e. The Hall–Kier alpha value is -1.91. The lowest BCUT2D eigenvalue weighted by Crippen LogP contribution is -2.20. The molecule has 1 aromatic heterocycles. The van der Waals surface area contributed by atoms with Gasteiger partial charge in [0.25, 0.3) is 0 Å². The van der Waals surface area contributed by atoms with Crippen LogP contribution in [-0.2, 0) is 17.5 Å². The molecule has 3 nitrogen and oxygen atoms in total. The number of nitrogens with zero attached hydrogens (tertiary/aromatic N) is 1. The molecule has 4 heteroatoms. The maximum absolute atomic E-state index is 10.0. The van der Waals surface area contributed by atoms with Gasteiger partial charge in [0.1, 0.15) is 0 Å². The van der Waals surface area contributed by atoms with Gasteiger partial charge in [-0.15, -0.1) is 0 Å². The molecule has 30 heavy (non-hydrogen) atoms. The van der Waals surface area contributed by atoms with E-state index in [1.54, 1.807) is 20.8 Å². The summed E-state index contributed by atoms with van der Waals surface area (Å²) in [5, 5.41) is 1.30. The van der Waals surface area contributed by atoms with Crippen molar-refractivity contribution >= 4 is 22.0 Å². The zero-order valence-corrected chi connectivity index (χ0v) is 19.3. The van der Waals surface area contributed by atoms with Crippen LogP contribution in [0.3, 0.4) is 0 Å². The Morgan fingerprint density at radius 1 is 0.967 bits per heavy atom. The van der Waals surface area contributed by atoms with Gasteiger partial charge in [-0.05, 0) is 85.8 Å². The van der Waals surface area contributed by atoms with Gasteiger partial charge in [0.05, 0.1) is 5.52 Å². The van der Waals surface area contributed by atoms with E-state index in [1.807, 2.05) is 0 Å². The number of fused-ring (bicyclic) bond motifs is 1. The first-order valence-electron chi connectivity index (χ1n) is 11.1. The van der Waals surface area contributed by atoms with Crippen LogP contribution < -0.4 is 0 Å². The zero-order valence-electron chi connectivity index (χ0n) is 18.5. The molecule has 0 N–H and O–H groups in total. The van der Waals surface area contributed by atoms with E-state index in [9.17, 15) is 8.76 Å². The fourth-order valence-corrected chi connectivity index (χ4v) is 3.98. The first kappa shape index (κ1) is 22.8. The topological polar surface area (TPSA) is 45.1 Å². The van der Waals surface area contributed by atoms with E-state index in [4.69, 9.17) is 0 Å². The second-order valence-corrected chi connectivity index (χ2v) is 11.0. The van der Waals surface area contributed by atoms with Crippen molar-refractivity contribution in [3.05, 3.63) is 66.4 Å². The van der Waals surface area contributed by atoms with Crippen molar-refractivity contribution in [3.8, 4) is 5.69 Å². The normalized spacial score (nSPS) is 16.1. The minimum Gasteiger partial charge on any atom is -0.772 e. The third-order valence-corrected chi connectivity index (χ3v) is 6.88. The lowest BCUT2D eigenvalue weighted by Gasteiger charge is -2.21. The van der Waals surface area contributed by atoms with Crippen LogP contribution in [-0.4, -0.2) is 18.1 Å². The molecule has 3 aromatic rings. The second-order valence-electron chi connectivity index (χ2n) is 9.30. The molecule has 0 bridgehead atoms. The molecule has 0 spiro atoms. The summed E-state index contributed by atoms with van der Waals surface area (Å²) < 4.78 is 21.7. The summed E-state index contributed by atoms with van der Waals surface area (Å²) in [5.74, 6) is 0.969. The number of para-hydroxylation sites is 1. The van der Waals surface area contributed by atoms with Gasteiger partial charge >= 0.3 is 0 Å². The maximum atomic E-state index is 10.0. The third kappa shape index (κ3) is 6.29. The molecule has 0 aliphatic heterocycles. The SMILES string of the molecule is CC(C)(C)S(=O)[O-].c1ccc2c(c1)ccn2-c1ccc(CCC2CCCCC2)cc1. The van der Waals surface area contributed by atoms with Crippen molar-refractivity contribution < 1.29 is 8.76 Å². The lowest BCUT2D eigenvalue weighted by atomic mass is 9.85. The van der Waals surface area contributed by atoms with Crippen molar-refractivity contribution in [2.24, 2.45) is 5.92 Å². The summed E-state index contributed by atoms with van der Waals surface area (Å²) >= 11 is -1.93. The summed E-state index contributed by atoms with van der Waals surface area (Å²) in [6.07, 6.45) is 12.0. The molecule has 0 radical (unpaired) electrons. The minimum absolute atomic E-state index is 0.583. The summed E-state index contributed by atoms with van der Waals surface area (Å²) in [7, 11) is 0. The number of hydrogen-bond donors (Lipinski definition) is 0. The first-order chi connectivity index (χ1) is 14.3. The minimum atomic E-state index is -1.93. The van der Waals surface area contributed by atoms with Crippen LogP contribution >= 0.6 is 0 Å². The monoisotopic (exact) mass is 424 g/mol. The highest BCUT2D eigenvalue weighted by molar-refractivity contribution is 7.80. The molecule has 0 saturated heterocycles. The quantitative estimate of drug-likeness (QED) is 0.432. The van der Waals surface area contributed by atoms with Crippen LogP contribution in [0.2, 0.25) is 0 Å². The fraction of sp³-hybridized carbons (Fsp3) is 0.462. The highest BCUT2D eigenvalue weighted by Gasteiger charge is 2.13. The lowest BCUT2D eigenvalue weighted by molar-refractivity contribution is 0.339. The Morgan fingerprint density at radius 3 is 2.23 bits per heavy atom. The molecule has 162 valence electrons. The number of benzene rings is 2. The smallest absolute Gasteiger partial charge is 0.0528 e. The van der Waals surface area contributed by atoms with E-state index in [0.717, 1.165) is 5.92 Å². The van der Waals surface area contributed by atoms with Gasteiger partial charge in [-0.25, -0.2) is 0 Å². The Labute approximate surface area is 183 Å². The molecule has 2 aromatic carbocycles. The predicted octanol–water partition coefficient (Wildman–Crippen LogP) is 6.81. The average molecular weight is 425 g/mol. The van der Waals surface area contributed by atoms with Crippen LogP contribution in [0.1, 0.15) is 64.9 Å². The van der Waals surface area contributed by atoms with E-state index < -0.39 is 15.8 Å². The molecule has 1 unspecified atom stereocenters. The summed E-state index contributed by atoms with van der Waals surface area (Å²) in [6, 6.07) is 19.9. The van der Waals surface area contributed by atoms with E-state index in [0.29, 0.717) is 0 Å². The van der Waals surface area contributed by atoms with Crippen molar-refractivity contribution in [1.82, 2.24) is 4.57 Å². The molecule has 1 aliphatic rings. The second kappa shape index (κ2) is 10.4. The Balaban J connectivity index is 0.000000318. The molecule has 1 aliphatic carbocycles. The molecule has 1 atom stereocenters. The average Bonchev–Trinajstić information content (AvgIpc) is 3.17. The molecule has 1 heterocycles. The Morgan fingerprint density at radius 2 is 1.60 bits per heavy atom.